The number of carbonyl (C=O) groups excluding carboxylic acids is 1. The van der Waals surface area contributed by atoms with Crippen LogP contribution in [0.1, 0.15) is 51.5 Å². The molecule has 1 saturated carbocycles. The minimum absolute atomic E-state index is 0.0136. The van der Waals surface area contributed by atoms with Gasteiger partial charge in [-0.05, 0) is 46.5 Å². The average Bonchev–Trinajstić information content (AvgIpc) is 2.95. The lowest BCUT2D eigenvalue weighted by atomic mass is 9.90. The number of halogens is 3. The van der Waals surface area contributed by atoms with Gasteiger partial charge in [0, 0.05) is 19.1 Å². The van der Waals surface area contributed by atoms with E-state index in [1.165, 1.54) is 0 Å². The molecule has 0 atom stereocenters. The molecule has 0 saturated heterocycles. The molecule has 6 nitrogen and oxygen atoms in total. The van der Waals surface area contributed by atoms with Gasteiger partial charge in [-0.1, -0.05) is 11.3 Å². The number of carbonyl (C=O) groups is 1. The Morgan fingerprint density at radius 3 is 2.28 bits per heavy atom. The number of nitrogens with zero attached hydrogens (tertiary/aromatic N) is 3. The van der Waals surface area contributed by atoms with Crippen LogP contribution in [0, 0.1) is 0 Å². The molecule has 1 amide bonds. The molecule has 1 aromatic rings. The van der Waals surface area contributed by atoms with E-state index in [1.54, 1.807) is 32.7 Å². The fourth-order valence-electron chi connectivity index (χ4n) is 2.71. The number of alkyl halides is 3. The summed E-state index contributed by atoms with van der Waals surface area (Å²) >= 11 is 0.548. The Kier molecular flexibility index (Phi) is 5.80. The molecule has 0 bridgehead atoms. The molecule has 1 N–H and O–H groups in total. The van der Waals surface area contributed by atoms with E-state index >= 15 is 0 Å². The van der Waals surface area contributed by atoms with Crippen molar-refractivity contribution in [3.05, 3.63) is 5.01 Å². The number of aromatic nitrogens is 2. The third-order valence-electron chi connectivity index (χ3n) is 3.92. The van der Waals surface area contributed by atoms with Crippen LogP contribution in [-0.4, -0.2) is 41.0 Å². The zero-order valence-corrected chi connectivity index (χ0v) is 15.5. The number of rotatable bonds is 3. The highest BCUT2D eigenvalue weighted by Gasteiger charge is 2.37. The number of ether oxygens (including phenoxy) is 1. The largest absolute Gasteiger partial charge is 0.445 e. The summed E-state index contributed by atoms with van der Waals surface area (Å²) in [5, 5.41) is 9.04. The Morgan fingerprint density at radius 2 is 1.80 bits per heavy atom. The van der Waals surface area contributed by atoms with Crippen LogP contribution in [-0.2, 0) is 10.9 Å². The lowest BCUT2D eigenvalue weighted by molar-refractivity contribution is -0.138. The van der Waals surface area contributed by atoms with Gasteiger partial charge in [0.15, 0.2) is 0 Å². The number of hydrogen-bond acceptors (Lipinski definition) is 6. The summed E-state index contributed by atoms with van der Waals surface area (Å²) in [7, 11) is 1.73. The van der Waals surface area contributed by atoms with Gasteiger partial charge in [0.2, 0.25) is 10.1 Å². The molecule has 25 heavy (non-hydrogen) atoms. The second-order valence-corrected chi connectivity index (χ2v) is 8.11. The van der Waals surface area contributed by atoms with Crippen LogP contribution in [0.4, 0.5) is 23.1 Å². The minimum atomic E-state index is -4.47. The Balaban J connectivity index is 1.85. The molecule has 1 aliphatic carbocycles. The summed E-state index contributed by atoms with van der Waals surface area (Å²) in [5.74, 6) is 0. The van der Waals surface area contributed by atoms with Gasteiger partial charge in [0.25, 0.3) is 0 Å². The first kappa shape index (κ1) is 19.7. The van der Waals surface area contributed by atoms with Gasteiger partial charge in [0.1, 0.15) is 5.60 Å². The molecular weight excluding hydrogens is 357 g/mol. The van der Waals surface area contributed by atoms with E-state index in [2.05, 4.69) is 15.5 Å². The van der Waals surface area contributed by atoms with Crippen molar-refractivity contribution in [2.24, 2.45) is 0 Å². The first-order valence-electron chi connectivity index (χ1n) is 8.09. The molecular formula is C15H23F3N4O2S. The molecule has 10 heteroatoms. The summed E-state index contributed by atoms with van der Waals surface area (Å²) in [6, 6.07) is 0.0883. The third kappa shape index (κ3) is 5.72. The van der Waals surface area contributed by atoms with Gasteiger partial charge >= 0.3 is 12.3 Å². The van der Waals surface area contributed by atoms with Gasteiger partial charge in [-0.25, -0.2) is 4.79 Å². The number of amides is 1. The van der Waals surface area contributed by atoms with Crippen molar-refractivity contribution in [2.45, 2.75) is 70.3 Å². The van der Waals surface area contributed by atoms with Gasteiger partial charge in [-0.3, -0.25) is 0 Å². The van der Waals surface area contributed by atoms with Crippen LogP contribution in [0.3, 0.4) is 0 Å². The van der Waals surface area contributed by atoms with Crippen molar-refractivity contribution in [3.8, 4) is 0 Å². The van der Waals surface area contributed by atoms with E-state index in [1.807, 2.05) is 0 Å². The quantitative estimate of drug-likeness (QED) is 0.863. The summed E-state index contributed by atoms with van der Waals surface area (Å²) in [6.07, 6.45) is -1.94. The molecule has 1 aliphatic rings. The molecule has 1 fully saturated rings. The lowest BCUT2D eigenvalue weighted by Crippen LogP contribution is -2.44. The molecule has 0 radical (unpaired) electrons. The summed E-state index contributed by atoms with van der Waals surface area (Å²) in [4.78, 5) is 13.5. The fourth-order valence-corrected chi connectivity index (χ4v) is 3.46. The van der Waals surface area contributed by atoms with Gasteiger partial charge in [0.05, 0.1) is 0 Å². The summed E-state index contributed by atoms with van der Waals surface area (Å²) in [6.45, 7) is 5.40. The van der Waals surface area contributed by atoms with E-state index < -0.39 is 22.9 Å². The molecule has 2 rings (SSSR count). The van der Waals surface area contributed by atoms with Crippen LogP contribution in [0.25, 0.3) is 0 Å². The average molecular weight is 380 g/mol. The molecule has 142 valence electrons. The van der Waals surface area contributed by atoms with E-state index in [0.717, 1.165) is 25.7 Å². The van der Waals surface area contributed by atoms with Crippen molar-refractivity contribution in [2.75, 3.05) is 11.9 Å². The van der Waals surface area contributed by atoms with Gasteiger partial charge in [-0.2, -0.15) is 13.2 Å². The zero-order valence-electron chi connectivity index (χ0n) is 14.7. The second kappa shape index (κ2) is 7.35. The smallest absolute Gasteiger partial charge is 0.444 e. The Hall–Kier alpha value is -1.58. The molecule has 0 aromatic carbocycles. The van der Waals surface area contributed by atoms with E-state index in [4.69, 9.17) is 4.74 Å². The van der Waals surface area contributed by atoms with Crippen molar-refractivity contribution < 1.29 is 22.7 Å². The highest BCUT2D eigenvalue weighted by Crippen LogP contribution is 2.35. The predicted molar refractivity (Wildman–Crippen MR) is 88.7 cm³/mol. The zero-order chi connectivity index (χ0) is 18.8. The van der Waals surface area contributed by atoms with Crippen LogP contribution in [0.5, 0.6) is 0 Å². The van der Waals surface area contributed by atoms with Crippen molar-refractivity contribution in [1.29, 1.82) is 0 Å². The van der Waals surface area contributed by atoms with Crippen LogP contribution >= 0.6 is 11.3 Å². The standard InChI is InChI=1S/C15H23F3N4O2S/c1-14(2,3)24-13(23)19-9-5-7-10(8-6-9)22(4)12-21-20-11(25-12)15(16,17)18/h9-10H,5-8H2,1-4H3,(H,19,23). The highest BCUT2D eigenvalue weighted by atomic mass is 32.1. The maximum atomic E-state index is 12.6. The van der Waals surface area contributed by atoms with Gasteiger partial charge < -0.3 is 15.0 Å². The summed E-state index contributed by atoms with van der Waals surface area (Å²) in [5.41, 5.74) is -0.546. The molecule has 1 aromatic heterocycles. The number of alkyl carbamates (subject to hydrolysis) is 1. The number of anilines is 1. The third-order valence-corrected chi connectivity index (χ3v) is 4.98. The lowest BCUT2D eigenvalue weighted by Gasteiger charge is -2.34. The van der Waals surface area contributed by atoms with Crippen molar-refractivity contribution in [3.63, 3.8) is 0 Å². The Morgan fingerprint density at radius 1 is 1.20 bits per heavy atom. The molecule has 0 spiro atoms. The SMILES string of the molecule is CN(c1nnc(C(F)(F)F)s1)C1CCC(NC(=O)OC(C)(C)C)CC1. The van der Waals surface area contributed by atoms with Crippen molar-refractivity contribution >= 4 is 22.6 Å². The van der Waals surface area contributed by atoms with E-state index in [-0.39, 0.29) is 17.2 Å². The molecule has 1 heterocycles. The molecule has 0 unspecified atom stereocenters. The van der Waals surface area contributed by atoms with Crippen LogP contribution in [0.15, 0.2) is 0 Å². The van der Waals surface area contributed by atoms with E-state index in [0.29, 0.717) is 11.3 Å². The summed E-state index contributed by atoms with van der Waals surface area (Å²) < 4.78 is 43.1. The van der Waals surface area contributed by atoms with E-state index in [9.17, 15) is 18.0 Å². The Labute approximate surface area is 148 Å². The maximum absolute atomic E-state index is 12.6. The topological polar surface area (TPSA) is 67.4 Å². The van der Waals surface area contributed by atoms with Crippen molar-refractivity contribution in [1.82, 2.24) is 15.5 Å². The predicted octanol–water partition coefficient (Wildman–Crippen LogP) is 3.83. The number of nitrogens with one attached hydrogen (secondary N) is 1. The van der Waals surface area contributed by atoms with Crippen LogP contribution < -0.4 is 10.2 Å². The Bertz CT molecular complexity index is 592. The monoisotopic (exact) mass is 380 g/mol. The maximum Gasteiger partial charge on any atom is 0.445 e. The molecule has 0 aliphatic heterocycles. The van der Waals surface area contributed by atoms with Crippen LogP contribution in [0.2, 0.25) is 0 Å². The second-order valence-electron chi connectivity index (χ2n) is 7.15. The highest BCUT2D eigenvalue weighted by molar-refractivity contribution is 7.15. The first-order chi connectivity index (χ1) is 11.5. The minimum Gasteiger partial charge on any atom is -0.444 e. The fraction of sp³-hybridized carbons (Fsp3) is 0.800. The number of hydrogen-bond donors (Lipinski definition) is 1. The van der Waals surface area contributed by atoms with Gasteiger partial charge in [-0.15, -0.1) is 10.2 Å². The normalized spacial score (nSPS) is 21.7. The first-order valence-corrected chi connectivity index (χ1v) is 8.90.